The van der Waals surface area contributed by atoms with Crippen LogP contribution < -0.4 is 15.0 Å². The summed E-state index contributed by atoms with van der Waals surface area (Å²) in [5, 5.41) is 0.791. The van der Waals surface area contributed by atoms with E-state index in [2.05, 4.69) is 23.7 Å². The first-order chi connectivity index (χ1) is 17.0. The van der Waals surface area contributed by atoms with Crippen molar-refractivity contribution in [3.05, 3.63) is 50.9 Å². The number of carbonyl (C=O) groups excluding carboxylic acids is 1. The number of H-pyrrole nitrogens is 1. The Hall–Kier alpha value is -2.91. The molecule has 3 aliphatic rings. The van der Waals surface area contributed by atoms with Gasteiger partial charge in [0.25, 0.3) is 11.5 Å². The van der Waals surface area contributed by atoms with Gasteiger partial charge in [-0.25, -0.2) is 4.98 Å². The first-order valence-electron chi connectivity index (χ1n) is 12.4. The third-order valence-corrected chi connectivity index (χ3v) is 8.69. The molecule has 0 radical (unpaired) electrons. The molecule has 0 spiro atoms. The number of thiophene rings is 1. The number of fused-ring (bicyclic) bond motifs is 4. The first kappa shape index (κ1) is 22.5. The minimum absolute atomic E-state index is 0.0209. The van der Waals surface area contributed by atoms with E-state index in [1.807, 2.05) is 29.2 Å². The molecule has 184 valence electrons. The standard InChI is InChI=1S/C26H30N4O4S/c1-15-7-8-17-21(13-15)35-25-22(17)24(31)27-23(28-25)16(2)29-9-11-30(12-10-29)26(32)20-14-33-18-5-3-4-6-19(18)34-20/h3-6,15-16,20H,7-14H2,1-2H3,(H,27,28,31)/t15-,16+,20+/m1/s1. The van der Waals surface area contributed by atoms with Crippen LogP contribution in [0.2, 0.25) is 0 Å². The number of nitrogens with one attached hydrogen (secondary N) is 1. The van der Waals surface area contributed by atoms with Gasteiger partial charge in [-0.05, 0) is 49.8 Å². The molecule has 4 heterocycles. The van der Waals surface area contributed by atoms with Gasteiger partial charge in [-0.15, -0.1) is 11.3 Å². The molecule has 1 fully saturated rings. The van der Waals surface area contributed by atoms with Crippen molar-refractivity contribution in [2.24, 2.45) is 5.92 Å². The molecule has 8 nitrogen and oxygen atoms in total. The van der Waals surface area contributed by atoms with Crippen LogP contribution >= 0.6 is 11.3 Å². The van der Waals surface area contributed by atoms with E-state index in [-0.39, 0.29) is 24.1 Å². The van der Waals surface area contributed by atoms with Gasteiger partial charge >= 0.3 is 0 Å². The van der Waals surface area contributed by atoms with Crippen molar-refractivity contribution in [3.8, 4) is 11.5 Å². The number of para-hydroxylation sites is 2. The second-order valence-corrected chi connectivity index (χ2v) is 11.0. The Bertz CT molecular complexity index is 1330. The number of aryl methyl sites for hydroxylation is 1. The number of ether oxygens (including phenoxy) is 2. The Labute approximate surface area is 207 Å². The second-order valence-electron chi connectivity index (χ2n) is 9.88. The molecule has 3 atom stereocenters. The van der Waals surface area contributed by atoms with Crippen molar-refractivity contribution >= 4 is 27.5 Å². The molecule has 6 rings (SSSR count). The van der Waals surface area contributed by atoms with E-state index in [0.29, 0.717) is 49.4 Å². The molecule has 0 saturated carbocycles. The van der Waals surface area contributed by atoms with E-state index >= 15 is 0 Å². The number of benzene rings is 1. The zero-order valence-corrected chi connectivity index (χ0v) is 20.9. The highest BCUT2D eigenvalue weighted by molar-refractivity contribution is 7.18. The van der Waals surface area contributed by atoms with Crippen LogP contribution in [-0.4, -0.2) is 64.6 Å². The maximum absolute atomic E-state index is 13.1. The summed E-state index contributed by atoms with van der Waals surface area (Å²) in [6, 6.07) is 7.39. The van der Waals surface area contributed by atoms with E-state index in [4.69, 9.17) is 14.5 Å². The van der Waals surface area contributed by atoms with Crippen LogP contribution in [0.1, 0.15) is 42.6 Å². The number of hydrogen-bond acceptors (Lipinski definition) is 7. The fourth-order valence-corrected chi connectivity index (χ4v) is 6.80. The first-order valence-corrected chi connectivity index (χ1v) is 13.3. The molecular weight excluding hydrogens is 464 g/mol. The van der Waals surface area contributed by atoms with Crippen LogP contribution in [0.15, 0.2) is 29.1 Å². The Kier molecular flexibility index (Phi) is 5.76. The number of piperazine rings is 1. The van der Waals surface area contributed by atoms with E-state index in [0.717, 1.165) is 29.5 Å². The van der Waals surface area contributed by atoms with Crippen LogP contribution in [0.25, 0.3) is 10.2 Å². The van der Waals surface area contributed by atoms with E-state index in [1.54, 1.807) is 11.3 Å². The monoisotopic (exact) mass is 494 g/mol. The summed E-state index contributed by atoms with van der Waals surface area (Å²) in [6.45, 7) is 7.18. The smallest absolute Gasteiger partial charge is 0.267 e. The highest BCUT2D eigenvalue weighted by Crippen LogP contribution is 2.36. The molecule has 1 saturated heterocycles. The molecule has 9 heteroatoms. The number of carbonyl (C=O) groups is 1. The Balaban J connectivity index is 1.13. The predicted octanol–water partition coefficient (Wildman–Crippen LogP) is 3.15. The van der Waals surface area contributed by atoms with Crippen molar-refractivity contribution < 1.29 is 14.3 Å². The zero-order valence-electron chi connectivity index (χ0n) is 20.1. The lowest BCUT2D eigenvalue weighted by Crippen LogP contribution is -2.54. The highest BCUT2D eigenvalue weighted by Gasteiger charge is 2.34. The third kappa shape index (κ3) is 4.10. The normalized spacial score (nSPS) is 23.2. The van der Waals surface area contributed by atoms with Crippen LogP contribution in [0.5, 0.6) is 11.5 Å². The Morgan fingerprint density at radius 1 is 1.20 bits per heavy atom. The molecule has 1 aromatic carbocycles. The van der Waals surface area contributed by atoms with Crippen molar-refractivity contribution in [1.82, 2.24) is 19.8 Å². The Morgan fingerprint density at radius 2 is 1.97 bits per heavy atom. The van der Waals surface area contributed by atoms with Crippen LogP contribution in [0, 0.1) is 5.92 Å². The molecule has 1 amide bonds. The Morgan fingerprint density at radius 3 is 2.77 bits per heavy atom. The summed E-state index contributed by atoms with van der Waals surface area (Å²) in [6.07, 6.45) is 2.51. The van der Waals surface area contributed by atoms with Gasteiger partial charge in [-0.3, -0.25) is 14.5 Å². The topological polar surface area (TPSA) is 87.8 Å². The number of rotatable bonds is 3. The number of aromatic nitrogens is 2. The van der Waals surface area contributed by atoms with Gasteiger partial charge in [0, 0.05) is 31.1 Å². The van der Waals surface area contributed by atoms with Crippen molar-refractivity contribution in [1.29, 1.82) is 0 Å². The quantitative estimate of drug-likeness (QED) is 0.602. The maximum atomic E-state index is 13.1. The summed E-state index contributed by atoms with van der Waals surface area (Å²) in [4.78, 5) is 40.4. The lowest BCUT2D eigenvalue weighted by atomic mass is 9.89. The van der Waals surface area contributed by atoms with E-state index in [9.17, 15) is 9.59 Å². The lowest BCUT2D eigenvalue weighted by Gasteiger charge is -2.39. The largest absolute Gasteiger partial charge is 0.485 e. The van der Waals surface area contributed by atoms with Gasteiger partial charge in [-0.1, -0.05) is 19.1 Å². The molecule has 3 aromatic rings. The summed E-state index contributed by atoms with van der Waals surface area (Å²) in [7, 11) is 0. The molecule has 35 heavy (non-hydrogen) atoms. The molecular formula is C26H30N4O4S. The van der Waals surface area contributed by atoms with Crippen molar-refractivity contribution in [2.45, 2.75) is 45.3 Å². The molecule has 0 bridgehead atoms. The minimum atomic E-state index is -0.623. The van der Waals surface area contributed by atoms with Gasteiger partial charge in [0.1, 0.15) is 17.3 Å². The van der Waals surface area contributed by atoms with Gasteiger partial charge in [0.05, 0.1) is 11.4 Å². The summed E-state index contributed by atoms with van der Waals surface area (Å²) >= 11 is 1.68. The number of nitrogens with zero attached hydrogens (tertiary/aromatic N) is 3. The number of aromatic amines is 1. The van der Waals surface area contributed by atoms with Gasteiger partial charge < -0.3 is 19.4 Å². The van der Waals surface area contributed by atoms with Crippen molar-refractivity contribution in [2.75, 3.05) is 32.8 Å². The molecule has 2 aromatic heterocycles. The second kappa shape index (κ2) is 8.95. The zero-order chi connectivity index (χ0) is 24.1. The summed E-state index contributed by atoms with van der Waals surface area (Å²) in [5.74, 6) is 2.61. The molecule has 2 aliphatic heterocycles. The van der Waals surface area contributed by atoms with Gasteiger partial charge in [0.2, 0.25) is 6.10 Å². The summed E-state index contributed by atoms with van der Waals surface area (Å²) in [5.41, 5.74) is 1.19. The van der Waals surface area contributed by atoms with Gasteiger partial charge in [0.15, 0.2) is 11.5 Å². The number of hydrogen-bond donors (Lipinski definition) is 1. The summed E-state index contributed by atoms with van der Waals surface area (Å²) < 4.78 is 11.6. The van der Waals surface area contributed by atoms with Crippen LogP contribution in [0.4, 0.5) is 0 Å². The minimum Gasteiger partial charge on any atom is -0.485 e. The van der Waals surface area contributed by atoms with E-state index in [1.165, 1.54) is 10.4 Å². The molecule has 1 aliphatic carbocycles. The van der Waals surface area contributed by atoms with E-state index < -0.39 is 6.10 Å². The SMILES string of the molecule is C[C@@H]1CCc2c(sc3nc([C@H](C)N4CCN(C(=O)[C@@H]5COc6ccccc6O5)CC4)[nH]c(=O)c23)C1. The molecule has 0 unspecified atom stereocenters. The van der Waals surface area contributed by atoms with Crippen LogP contribution in [0.3, 0.4) is 0 Å². The average molecular weight is 495 g/mol. The lowest BCUT2D eigenvalue weighted by molar-refractivity contribution is -0.143. The van der Waals surface area contributed by atoms with Crippen LogP contribution in [-0.2, 0) is 17.6 Å². The van der Waals surface area contributed by atoms with Gasteiger partial charge in [-0.2, -0.15) is 0 Å². The van der Waals surface area contributed by atoms with Crippen molar-refractivity contribution in [3.63, 3.8) is 0 Å². The maximum Gasteiger partial charge on any atom is 0.267 e. The predicted molar refractivity (Wildman–Crippen MR) is 134 cm³/mol. The molecule has 1 N–H and O–H groups in total. The fraction of sp³-hybridized carbons (Fsp3) is 0.500. The fourth-order valence-electron chi connectivity index (χ4n) is 5.41. The number of amides is 1. The highest BCUT2D eigenvalue weighted by atomic mass is 32.1. The third-order valence-electron chi connectivity index (χ3n) is 7.54. The average Bonchev–Trinajstić information content (AvgIpc) is 3.25.